The Bertz CT molecular complexity index is 791. The highest BCUT2D eigenvalue weighted by molar-refractivity contribution is 5.95. The minimum Gasteiger partial charge on any atom is -0.484 e. The van der Waals surface area contributed by atoms with E-state index >= 15 is 0 Å². The molecule has 0 fully saturated rings. The van der Waals surface area contributed by atoms with Gasteiger partial charge in [-0.1, -0.05) is 6.92 Å². The largest absolute Gasteiger partial charge is 0.484 e. The Labute approximate surface area is 155 Å². The maximum atomic E-state index is 12.8. The minimum atomic E-state index is -0.586. The second kappa shape index (κ2) is 9.91. The van der Waals surface area contributed by atoms with Crippen molar-refractivity contribution in [2.45, 2.75) is 13.3 Å². The number of hydrogen-bond donors (Lipinski definition) is 2. The van der Waals surface area contributed by atoms with Crippen LogP contribution < -0.4 is 15.6 Å². The summed E-state index contributed by atoms with van der Waals surface area (Å²) in [4.78, 5) is 35.2. The van der Waals surface area contributed by atoms with Gasteiger partial charge in [0.25, 0.3) is 11.8 Å². The van der Waals surface area contributed by atoms with E-state index < -0.39 is 23.6 Å². The zero-order valence-electron chi connectivity index (χ0n) is 14.7. The molecule has 0 aliphatic carbocycles. The fourth-order valence-corrected chi connectivity index (χ4v) is 1.95. The van der Waals surface area contributed by atoms with Gasteiger partial charge >= 0.3 is 5.97 Å². The van der Waals surface area contributed by atoms with Crippen molar-refractivity contribution in [3.8, 4) is 5.75 Å². The zero-order valence-corrected chi connectivity index (χ0v) is 14.7. The normalized spacial score (nSPS) is 10.0. The molecule has 0 aliphatic rings. The van der Waals surface area contributed by atoms with Crippen molar-refractivity contribution in [2.24, 2.45) is 0 Å². The molecule has 27 heavy (non-hydrogen) atoms. The summed E-state index contributed by atoms with van der Waals surface area (Å²) >= 11 is 0. The SMILES string of the molecule is CCCOC(=O)c1ccc(OCC(=O)NNC(=O)c2ccc(F)cc2)cc1. The number of esters is 1. The zero-order chi connectivity index (χ0) is 19.6. The topological polar surface area (TPSA) is 93.7 Å². The quantitative estimate of drug-likeness (QED) is 0.573. The maximum absolute atomic E-state index is 12.8. The van der Waals surface area contributed by atoms with E-state index in [0.29, 0.717) is 17.9 Å². The molecular weight excluding hydrogens is 355 g/mol. The number of benzene rings is 2. The molecule has 2 rings (SSSR count). The molecule has 0 atom stereocenters. The molecule has 2 amide bonds. The molecular formula is C19H19FN2O5. The molecule has 2 aromatic carbocycles. The predicted molar refractivity (Wildman–Crippen MR) is 94.5 cm³/mol. The van der Waals surface area contributed by atoms with Crippen molar-refractivity contribution in [1.82, 2.24) is 10.9 Å². The number of carbonyl (C=O) groups excluding carboxylic acids is 3. The summed E-state index contributed by atoms with van der Waals surface area (Å²) in [6, 6.07) is 11.0. The Hall–Kier alpha value is -3.42. The average Bonchev–Trinajstić information content (AvgIpc) is 2.69. The van der Waals surface area contributed by atoms with Crippen LogP contribution in [0.3, 0.4) is 0 Å². The standard InChI is InChI=1S/C19H19FN2O5/c1-2-11-26-19(25)14-5-9-16(10-6-14)27-12-17(23)21-22-18(24)13-3-7-15(20)8-4-13/h3-10H,2,11-12H2,1H3,(H,21,23)(H,22,24). The van der Waals surface area contributed by atoms with Crippen molar-refractivity contribution in [1.29, 1.82) is 0 Å². The van der Waals surface area contributed by atoms with E-state index in [-0.39, 0.29) is 12.2 Å². The monoisotopic (exact) mass is 374 g/mol. The van der Waals surface area contributed by atoms with Crippen LogP contribution in [0.15, 0.2) is 48.5 Å². The van der Waals surface area contributed by atoms with Gasteiger partial charge in [-0.2, -0.15) is 0 Å². The third kappa shape index (κ3) is 6.43. The van der Waals surface area contributed by atoms with Gasteiger partial charge in [0, 0.05) is 5.56 Å². The Morgan fingerprint density at radius 1 is 0.926 bits per heavy atom. The summed E-state index contributed by atoms with van der Waals surface area (Å²) < 4.78 is 23.1. The highest BCUT2D eigenvalue weighted by atomic mass is 19.1. The first kappa shape index (κ1) is 19.9. The van der Waals surface area contributed by atoms with E-state index in [1.165, 1.54) is 36.4 Å². The average molecular weight is 374 g/mol. The van der Waals surface area contributed by atoms with Crippen LogP contribution in [0, 0.1) is 5.82 Å². The molecule has 2 aromatic rings. The number of halogens is 1. The van der Waals surface area contributed by atoms with E-state index in [0.717, 1.165) is 18.6 Å². The molecule has 0 bridgehead atoms. The lowest BCUT2D eigenvalue weighted by Gasteiger charge is -2.09. The highest BCUT2D eigenvalue weighted by Crippen LogP contribution is 2.13. The first-order valence-electron chi connectivity index (χ1n) is 8.24. The number of hydrogen-bond acceptors (Lipinski definition) is 5. The Morgan fingerprint density at radius 3 is 2.19 bits per heavy atom. The fraction of sp³-hybridized carbons (Fsp3) is 0.211. The van der Waals surface area contributed by atoms with Crippen LogP contribution in [0.2, 0.25) is 0 Å². The highest BCUT2D eigenvalue weighted by Gasteiger charge is 2.09. The number of ether oxygens (including phenoxy) is 2. The molecule has 7 nitrogen and oxygen atoms in total. The smallest absolute Gasteiger partial charge is 0.338 e. The van der Waals surface area contributed by atoms with Crippen LogP contribution in [0.25, 0.3) is 0 Å². The van der Waals surface area contributed by atoms with Gasteiger partial charge < -0.3 is 9.47 Å². The van der Waals surface area contributed by atoms with Crippen molar-refractivity contribution in [3.05, 3.63) is 65.5 Å². The van der Waals surface area contributed by atoms with Crippen LogP contribution >= 0.6 is 0 Å². The summed E-state index contributed by atoms with van der Waals surface area (Å²) in [6.45, 7) is 1.90. The van der Waals surface area contributed by atoms with Gasteiger partial charge in [0.2, 0.25) is 0 Å². The van der Waals surface area contributed by atoms with Crippen LogP contribution in [-0.2, 0) is 9.53 Å². The molecule has 0 radical (unpaired) electrons. The third-order valence-electron chi connectivity index (χ3n) is 3.32. The maximum Gasteiger partial charge on any atom is 0.338 e. The van der Waals surface area contributed by atoms with Crippen LogP contribution in [0.4, 0.5) is 4.39 Å². The van der Waals surface area contributed by atoms with Gasteiger partial charge in [0.15, 0.2) is 6.61 Å². The third-order valence-corrected chi connectivity index (χ3v) is 3.32. The fourth-order valence-electron chi connectivity index (χ4n) is 1.95. The summed E-state index contributed by atoms with van der Waals surface area (Å²) in [5, 5.41) is 0. The van der Waals surface area contributed by atoms with Gasteiger partial charge in [-0.25, -0.2) is 9.18 Å². The summed E-state index contributed by atoms with van der Waals surface area (Å²) in [5.74, 6) is -1.68. The summed E-state index contributed by atoms with van der Waals surface area (Å²) in [5.41, 5.74) is 4.96. The lowest BCUT2D eigenvalue weighted by molar-refractivity contribution is -0.123. The first-order chi connectivity index (χ1) is 13.0. The van der Waals surface area contributed by atoms with Gasteiger partial charge in [-0.05, 0) is 55.0 Å². The van der Waals surface area contributed by atoms with Gasteiger partial charge in [-0.3, -0.25) is 20.4 Å². The number of amides is 2. The van der Waals surface area contributed by atoms with E-state index in [1.54, 1.807) is 0 Å². The van der Waals surface area contributed by atoms with Crippen molar-refractivity contribution < 1.29 is 28.2 Å². The van der Waals surface area contributed by atoms with Crippen molar-refractivity contribution >= 4 is 17.8 Å². The second-order valence-electron chi connectivity index (χ2n) is 5.46. The Balaban J connectivity index is 1.75. The predicted octanol–water partition coefficient (Wildman–Crippen LogP) is 2.23. The Kier molecular flexibility index (Phi) is 7.30. The van der Waals surface area contributed by atoms with Crippen LogP contribution in [0.5, 0.6) is 5.75 Å². The van der Waals surface area contributed by atoms with Gasteiger partial charge in [0.1, 0.15) is 11.6 Å². The minimum absolute atomic E-state index is 0.197. The van der Waals surface area contributed by atoms with Crippen LogP contribution in [-0.4, -0.2) is 31.0 Å². The molecule has 0 unspecified atom stereocenters. The number of nitrogens with one attached hydrogen (secondary N) is 2. The summed E-state index contributed by atoms with van der Waals surface area (Å²) in [6.07, 6.45) is 0.736. The molecule has 0 spiro atoms. The number of hydrazine groups is 1. The molecule has 8 heteroatoms. The Morgan fingerprint density at radius 2 is 1.56 bits per heavy atom. The lowest BCUT2D eigenvalue weighted by Crippen LogP contribution is -2.43. The number of rotatable bonds is 7. The molecule has 0 heterocycles. The van der Waals surface area contributed by atoms with Crippen LogP contribution in [0.1, 0.15) is 34.1 Å². The summed E-state index contributed by atoms with van der Waals surface area (Å²) in [7, 11) is 0. The molecule has 0 aliphatic heterocycles. The molecule has 142 valence electrons. The molecule has 0 saturated heterocycles. The first-order valence-corrected chi connectivity index (χ1v) is 8.24. The van der Waals surface area contributed by atoms with Crippen molar-refractivity contribution in [3.63, 3.8) is 0 Å². The lowest BCUT2D eigenvalue weighted by atomic mass is 10.2. The van der Waals surface area contributed by atoms with Gasteiger partial charge in [-0.15, -0.1) is 0 Å². The molecule has 0 aromatic heterocycles. The van der Waals surface area contributed by atoms with E-state index in [9.17, 15) is 18.8 Å². The van der Waals surface area contributed by atoms with E-state index in [4.69, 9.17) is 9.47 Å². The number of carbonyl (C=O) groups is 3. The van der Waals surface area contributed by atoms with E-state index in [2.05, 4.69) is 10.9 Å². The van der Waals surface area contributed by atoms with E-state index in [1.807, 2.05) is 6.92 Å². The molecule has 0 saturated carbocycles. The van der Waals surface area contributed by atoms with Gasteiger partial charge in [0.05, 0.1) is 12.2 Å². The molecule has 2 N–H and O–H groups in total. The second-order valence-corrected chi connectivity index (χ2v) is 5.46. The van der Waals surface area contributed by atoms with Crippen molar-refractivity contribution in [2.75, 3.05) is 13.2 Å².